The zero-order valence-electron chi connectivity index (χ0n) is 7.32. The van der Waals surface area contributed by atoms with Crippen LogP contribution in [-0.2, 0) is 34.0 Å². The van der Waals surface area contributed by atoms with E-state index in [9.17, 15) is 16.8 Å². The van der Waals surface area contributed by atoms with E-state index >= 15 is 0 Å². The minimum absolute atomic E-state index is 0. The molecular formula is H4KO12PS2. The molecule has 0 amide bonds. The normalized spacial score (nSPS) is 12.1. The van der Waals surface area contributed by atoms with Crippen LogP contribution in [0.15, 0.2) is 0 Å². The fraction of sp³-hybridized carbons (Fsp3) is 0. The quantitative estimate of drug-likeness (QED) is 0.125. The summed E-state index contributed by atoms with van der Waals surface area (Å²) in [6, 6.07) is 0. The van der Waals surface area contributed by atoms with E-state index in [1.54, 1.807) is 0 Å². The molecular weight excluding hydrogens is 326 g/mol. The van der Waals surface area contributed by atoms with Crippen LogP contribution in [0.1, 0.15) is 0 Å². The summed E-state index contributed by atoms with van der Waals surface area (Å²) < 4.78 is 67.6. The maximum absolute atomic E-state index is 9.51. The van der Waals surface area contributed by atoms with Crippen LogP contribution in [0, 0.1) is 0 Å². The van der Waals surface area contributed by atoms with E-state index in [1.165, 1.54) is 0 Å². The average molecular weight is 330 g/mol. The third-order valence-corrected chi connectivity index (χ3v) is 0.766. The molecule has 0 aliphatic rings. The minimum Gasteiger partial charge on any atom is -0.756 e. The van der Waals surface area contributed by atoms with Crippen molar-refractivity contribution in [3.63, 3.8) is 0 Å². The van der Waals surface area contributed by atoms with E-state index in [4.69, 9.17) is 28.4 Å². The van der Waals surface area contributed by atoms with Crippen molar-refractivity contribution in [1.82, 2.24) is 0 Å². The zero-order chi connectivity index (χ0) is 12.9. The van der Waals surface area contributed by atoms with E-state index < -0.39 is 28.6 Å². The van der Waals surface area contributed by atoms with Gasteiger partial charge in [-0.25, -0.2) is 0 Å². The van der Waals surface area contributed by atoms with Crippen LogP contribution in [0.4, 0.5) is 0 Å². The van der Waals surface area contributed by atoms with Crippen molar-refractivity contribution in [2.24, 2.45) is 0 Å². The van der Waals surface area contributed by atoms with Crippen LogP contribution in [0.5, 0.6) is 0 Å². The van der Waals surface area contributed by atoms with Gasteiger partial charge >= 0.3 is 72.2 Å². The van der Waals surface area contributed by atoms with Gasteiger partial charge in [-0.2, -0.15) is 16.8 Å². The van der Waals surface area contributed by atoms with Gasteiger partial charge in [0.15, 0.2) is 0 Å². The van der Waals surface area contributed by atoms with Crippen molar-refractivity contribution in [3.8, 4) is 0 Å². The molecule has 0 spiro atoms. The second kappa shape index (κ2) is 8.56. The first kappa shape index (κ1) is 22.6. The van der Waals surface area contributed by atoms with Gasteiger partial charge in [-0.05, 0) is 0 Å². The van der Waals surface area contributed by atoms with Crippen molar-refractivity contribution in [3.05, 3.63) is 0 Å². The third kappa shape index (κ3) is 45.1. The Morgan fingerprint density at radius 2 is 1.06 bits per heavy atom. The van der Waals surface area contributed by atoms with Gasteiger partial charge in [-0.3, -0.25) is 13.7 Å². The number of hydrogen-bond acceptors (Lipinski definition) is 8. The maximum atomic E-state index is 9.51. The molecule has 16 heteroatoms. The largest absolute Gasteiger partial charge is 1.00 e. The summed E-state index contributed by atoms with van der Waals surface area (Å²) >= 11 is 0. The number of rotatable bonds is 3. The molecule has 0 rings (SSSR count). The molecule has 94 valence electrons. The van der Waals surface area contributed by atoms with Crippen LogP contribution in [0.3, 0.4) is 0 Å². The molecule has 0 heterocycles. The van der Waals surface area contributed by atoms with Gasteiger partial charge in [-0.15, -0.1) is 0 Å². The molecule has 0 aliphatic carbocycles. The van der Waals surface area contributed by atoms with Crippen LogP contribution in [0.25, 0.3) is 0 Å². The molecule has 0 radical (unpaired) electrons. The summed E-state index contributed by atoms with van der Waals surface area (Å²) in [6.45, 7) is 0. The monoisotopic (exact) mass is 330 g/mol. The van der Waals surface area contributed by atoms with E-state index in [0.29, 0.717) is 0 Å². The van der Waals surface area contributed by atoms with Crippen molar-refractivity contribution in [2.45, 2.75) is 0 Å². The minimum atomic E-state index is -5.02. The van der Waals surface area contributed by atoms with Crippen LogP contribution in [0.2, 0.25) is 0 Å². The Balaban J connectivity index is -0.000000242. The summed E-state index contributed by atoms with van der Waals surface area (Å²) in [5.74, 6) is 0. The Labute approximate surface area is 132 Å². The van der Waals surface area contributed by atoms with Crippen LogP contribution < -0.4 is 56.3 Å². The number of phosphoric acid groups is 1. The Bertz CT molecular complexity index is 368. The topological polar surface area (TPSA) is 208 Å². The second-order valence-corrected chi connectivity index (χ2v) is 4.45. The van der Waals surface area contributed by atoms with Gasteiger partial charge in [0.05, 0.1) is 0 Å². The van der Waals surface area contributed by atoms with Gasteiger partial charge in [0.2, 0.25) is 0 Å². The maximum Gasteiger partial charge on any atom is 1.00 e. The molecule has 0 fully saturated rings. The van der Waals surface area contributed by atoms with E-state index in [2.05, 4.69) is 8.67 Å². The Hall–Kier alpha value is 1.49. The van der Waals surface area contributed by atoms with Gasteiger partial charge in [0.25, 0.3) is 7.82 Å². The molecule has 12 nitrogen and oxygen atoms in total. The average Bonchev–Trinajstić information content (AvgIpc) is 1.76. The molecule has 0 aromatic heterocycles. The third-order valence-electron chi connectivity index (χ3n) is 0.200. The van der Waals surface area contributed by atoms with Crippen molar-refractivity contribution >= 4 is 28.6 Å². The van der Waals surface area contributed by atoms with E-state index in [0.717, 1.165) is 0 Å². The Kier molecular flexibility index (Phi) is 12.1. The molecule has 0 saturated heterocycles. The van der Waals surface area contributed by atoms with Crippen molar-refractivity contribution in [2.75, 3.05) is 0 Å². The van der Waals surface area contributed by atoms with Gasteiger partial charge in [-0.1, -0.05) is 8.67 Å². The molecule has 0 bridgehead atoms. The molecule has 0 unspecified atom stereocenters. The van der Waals surface area contributed by atoms with E-state index in [1.807, 2.05) is 0 Å². The van der Waals surface area contributed by atoms with Gasteiger partial charge in [0.1, 0.15) is 0 Å². The summed E-state index contributed by atoms with van der Waals surface area (Å²) in [6.07, 6.45) is 0. The smallest absolute Gasteiger partial charge is 0.756 e. The number of hydrogen-bond donors (Lipinski definition) is 4. The predicted molar refractivity (Wildman–Crippen MR) is 37.3 cm³/mol. The van der Waals surface area contributed by atoms with Gasteiger partial charge in [0, 0.05) is 0 Å². The predicted octanol–water partition coefficient (Wildman–Crippen LogP) is -6.02. The molecule has 0 atom stereocenters. The fourth-order valence-corrected chi connectivity index (χ4v) is 0.632. The summed E-state index contributed by atoms with van der Waals surface area (Å²) in [5.41, 5.74) is 0. The molecule has 0 aromatic rings. The molecule has 16 heavy (non-hydrogen) atoms. The standard InChI is InChI=1S/K.H2O8S2.H3O4P/c;1-9(2,3)7-8-10(4,5)6;1-5(2,3)4/h;(H,1,2,3)(H,4,5,6);(H3,1,2,3,4)/q+1;;/p-1. The molecule has 0 aliphatic heterocycles. The SMILES string of the molecule is O=P([O-])(O)O.O=S(=O)(O)OOS(=O)(=O)O.[K+]. The first-order chi connectivity index (χ1) is 6.21. The van der Waals surface area contributed by atoms with Crippen molar-refractivity contribution in [1.29, 1.82) is 0 Å². The van der Waals surface area contributed by atoms with E-state index in [-0.39, 0.29) is 51.4 Å². The summed E-state index contributed by atoms with van der Waals surface area (Å²) in [7, 11) is -14.9. The second-order valence-electron chi connectivity index (χ2n) is 1.48. The summed E-state index contributed by atoms with van der Waals surface area (Å²) in [5, 5.41) is 0. The summed E-state index contributed by atoms with van der Waals surface area (Å²) in [4.78, 5) is 22.9. The van der Waals surface area contributed by atoms with Crippen molar-refractivity contribution < 1.29 is 105 Å². The zero-order valence-corrected chi connectivity index (χ0v) is 13.0. The van der Waals surface area contributed by atoms with Crippen LogP contribution in [-0.4, -0.2) is 35.7 Å². The van der Waals surface area contributed by atoms with Crippen LogP contribution >= 0.6 is 7.82 Å². The fourth-order valence-electron chi connectivity index (χ4n) is 0.0702. The van der Waals surface area contributed by atoms with Gasteiger partial charge < -0.3 is 14.7 Å². The molecule has 0 aromatic carbocycles. The first-order valence-corrected chi connectivity index (χ1v) is 6.56. The first-order valence-electron chi connectivity index (χ1n) is 2.30. The molecule has 4 N–H and O–H groups in total. The Morgan fingerprint density at radius 3 is 1.12 bits per heavy atom. The molecule has 0 saturated carbocycles. The Morgan fingerprint density at radius 1 is 0.938 bits per heavy atom.